The van der Waals surface area contributed by atoms with Gasteiger partial charge in [-0.3, -0.25) is 0 Å². The minimum absolute atomic E-state index is 0.256. The smallest absolute Gasteiger partial charge is 0.139 e. The largest absolute Gasteiger partial charge is 0.497 e. The molecule has 0 aliphatic rings. The van der Waals surface area contributed by atoms with Crippen LogP contribution in [-0.2, 0) is 0 Å². The number of hydrogen-bond acceptors (Lipinski definition) is 4. The summed E-state index contributed by atoms with van der Waals surface area (Å²) in [6, 6.07) is 7.46. The molecule has 5 heteroatoms. The Hall–Kier alpha value is -1.91. The number of methoxy groups -OCH3 is 1. The van der Waals surface area contributed by atoms with Gasteiger partial charge in [0.05, 0.1) is 13.7 Å². The molecule has 0 amide bonds. The second-order valence-electron chi connectivity index (χ2n) is 3.58. The summed E-state index contributed by atoms with van der Waals surface area (Å²) >= 11 is 0. The molecule has 0 spiro atoms. The summed E-state index contributed by atoms with van der Waals surface area (Å²) in [5.41, 5.74) is 5.35. The average molecular weight is 238 g/mol. The highest BCUT2D eigenvalue weighted by Crippen LogP contribution is 2.18. The van der Waals surface area contributed by atoms with Crippen LogP contribution in [0.3, 0.4) is 0 Å². The van der Waals surface area contributed by atoms with Crippen LogP contribution in [0.5, 0.6) is 11.5 Å². The van der Waals surface area contributed by atoms with Crippen LogP contribution in [0.25, 0.3) is 0 Å². The fourth-order valence-corrected chi connectivity index (χ4v) is 1.34. The molecule has 0 aliphatic carbocycles. The third kappa shape index (κ3) is 5.10. The fraction of sp³-hybridized carbons (Fsp3) is 0.417. The Labute approximate surface area is 101 Å². The summed E-state index contributed by atoms with van der Waals surface area (Å²) in [7, 11) is 1.62. The van der Waals surface area contributed by atoms with E-state index in [9.17, 15) is 0 Å². The molecule has 0 radical (unpaired) electrons. The number of nitrogens with zero attached hydrogens (tertiary/aromatic N) is 1. The number of hydrogen-bond donors (Lipinski definition) is 2. The predicted molar refractivity (Wildman–Crippen MR) is 65.7 cm³/mol. The highest BCUT2D eigenvalue weighted by atomic mass is 16.5. The van der Waals surface area contributed by atoms with E-state index in [1.165, 1.54) is 0 Å². The minimum atomic E-state index is 0.256. The van der Waals surface area contributed by atoms with Gasteiger partial charge >= 0.3 is 0 Å². The summed E-state index contributed by atoms with van der Waals surface area (Å²) < 4.78 is 10.6. The zero-order chi connectivity index (χ0) is 12.5. The van der Waals surface area contributed by atoms with Crippen molar-refractivity contribution in [3.05, 3.63) is 24.3 Å². The van der Waals surface area contributed by atoms with Gasteiger partial charge in [0.25, 0.3) is 0 Å². The first-order chi connectivity index (χ1) is 8.26. The molecule has 0 aromatic heterocycles. The molecule has 0 saturated heterocycles. The van der Waals surface area contributed by atoms with Crippen LogP contribution in [-0.4, -0.2) is 24.8 Å². The highest BCUT2D eigenvalue weighted by molar-refractivity contribution is 5.79. The number of rotatable bonds is 7. The van der Waals surface area contributed by atoms with Crippen molar-refractivity contribution in [1.29, 1.82) is 0 Å². The van der Waals surface area contributed by atoms with Gasteiger partial charge in [-0.15, -0.1) is 0 Å². The van der Waals surface area contributed by atoms with Crippen molar-refractivity contribution >= 4 is 5.84 Å². The van der Waals surface area contributed by atoms with E-state index in [4.69, 9.17) is 20.4 Å². The highest BCUT2D eigenvalue weighted by Gasteiger charge is 1.97. The predicted octanol–water partition coefficient (Wildman–Crippen LogP) is 1.99. The molecule has 1 aromatic carbocycles. The number of ether oxygens (including phenoxy) is 2. The minimum Gasteiger partial charge on any atom is -0.497 e. The van der Waals surface area contributed by atoms with Crippen LogP contribution >= 0.6 is 0 Å². The van der Waals surface area contributed by atoms with Crippen LogP contribution in [0.2, 0.25) is 0 Å². The number of unbranched alkanes of at least 4 members (excludes halogenated alkanes) is 1. The molecule has 0 aliphatic heterocycles. The molecule has 0 fully saturated rings. The van der Waals surface area contributed by atoms with Gasteiger partial charge in [-0.1, -0.05) is 11.2 Å². The van der Waals surface area contributed by atoms with Crippen LogP contribution in [0.15, 0.2) is 29.4 Å². The van der Waals surface area contributed by atoms with E-state index in [2.05, 4.69) is 5.16 Å². The third-order valence-electron chi connectivity index (χ3n) is 2.27. The maximum absolute atomic E-state index is 8.34. The third-order valence-corrected chi connectivity index (χ3v) is 2.27. The summed E-state index contributed by atoms with van der Waals surface area (Å²) in [5, 5.41) is 11.2. The first kappa shape index (κ1) is 13.2. The zero-order valence-electron chi connectivity index (χ0n) is 9.93. The Bertz CT molecular complexity index is 367. The average Bonchev–Trinajstić information content (AvgIpc) is 2.38. The van der Waals surface area contributed by atoms with Gasteiger partial charge in [-0.25, -0.2) is 0 Å². The lowest BCUT2D eigenvalue weighted by Gasteiger charge is -2.07. The summed E-state index contributed by atoms with van der Waals surface area (Å²) in [5.74, 6) is 1.82. The van der Waals surface area contributed by atoms with Gasteiger partial charge in [0.2, 0.25) is 0 Å². The van der Waals surface area contributed by atoms with Crippen molar-refractivity contribution in [3.63, 3.8) is 0 Å². The Morgan fingerprint density at radius 2 is 2.12 bits per heavy atom. The monoisotopic (exact) mass is 238 g/mol. The van der Waals surface area contributed by atoms with Gasteiger partial charge < -0.3 is 20.4 Å². The lowest BCUT2D eigenvalue weighted by Crippen LogP contribution is -2.11. The van der Waals surface area contributed by atoms with Gasteiger partial charge in [0, 0.05) is 12.5 Å². The Kier molecular flexibility index (Phi) is 5.71. The second-order valence-corrected chi connectivity index (χ2v) is 3.58. The Balaban J connectivity index is 2.22. The van der Waals surface area contributed by atoms with Gasteiger partial charge in [0.15, 0.2) is 0 Å². The standard InChI is InChI=1S/C12H18N2O3/c1-16-10-5-4-6-11(9-10)17-8-3-2-7-12(13)14-15/h4-6,9,15H,2-3,7-8H2,1H3,(H2,13,14). The maximum atomic E-state index is 8.34. The fourth-order valence-electron chi connectivity index (χ4n) is 1.34. The van der Waals surface area contributed by atoms with Gasteiger partial charge in [-0.2, -0.15) is 0 Å². The van der Waals surface area contributed by atoms with Crippen molar-refractivity contribution < 1.29 is 14.7 Å². The first-order valence-corrected chi connectivity index (χ1v) is 5.49. The van der Waals surface area contributed by atoms with E-state index in [0.29, 0.717) is 13.0 Å². The molecule has 0 bridgehead atoms. The van der Waals surface area contributed by atoms with E-state index >= 15 is 0 Å². The molecule has 94 valence electrons. The Morgan fingerprint density at radius 1 is 1.35 bits per heavy atom. The number of benzene rings is 1. The Morgan fingerprint density at radius 3 is 2.82 bits per heavy atom. The van der Waals surface area contributed by atoms with E-state index < -0.39 is 0 Å². The molecule has 1 rings (SSSR count). The lowest BCUT2D eigenvalue weighted by molar-refractivity contribution is 0.303. The molecule has 3 N–H and O–H groups in total. The lowest BCUT2D eigenvalue weighted by atomic mass is 10.2. The first-order valence-electron chi connectivity index (χ1n) is 5.49. The summed E-state index contributed by atoms with van der Waals surface area (Å²) in [6.07, 6.45) is 2.27. The maximum Gasteiger partial charge on any atom is 0.139 e. The second kappa shape index (κ2) is 7.38. The molecular formula is C12H18N2O3. The van der Waals surface area contributed by atoms with E-state index in [1.807, 2.05) is 24.3 Å². The van der Waals surface area contributed by atoms with Crippen molar-refractivity contribution in [3.8, 4) is 11.5 Å². The molecule has 5 nitrogen and oxygen atoms in total. The van der Waals surface area contributed by atoms with Crippen LogP contribution in [0, 0.1) is 0 Å². The molecular weight excluding hydrogens is 220 g/mol. The van der Waals surface area contributed by atoms with E-state index in [0.717, 1.165) is 24.3 Å². The van der Waals surface area contributed by atoms with Crippen molar-refractivity contribution in [2.45, 2.75) is 19.3 Å². The summed E-state index contributed by atoms with van der Waals surface area (Å²) in [4.78, 5) is 0. The van der Waals surface area contributed by atoms with Crippen LogP contribution in [0.1, 0.15) is 19.3 Å². The molecule has 0 unspecified atom stereocenters. The van der Waals surface area contributed by atoms with E-state index in [-0.39, 0.29) is 5.84 Å². The van der Waals surface area contributed by atoms with Crippen molar-refractivity contribution in [2.75, 3.05) is 13.7 Å². The molecule has 1 aromatic rings. The van der Waals surface area contributed by atoms with Gasteiger partial charge in [-0.05, 0) is 25.0 Å². The molecule has 0 saturated carbocycles. The van der Waals surface area contributed by atoms with E-state index in [1.54, 1.807) is 7.11 Å². The molecule has 17 heavy (non-hydrogen) atoms. The molecule has 0 atom stereocenters. The summed E-state index contributed by atoms with van der Waals surface area (Å²) in [6.45, 7) is 0.603. The van der Waals surface area contributed by atoms with Crippen molar-refractivity contribution in [2.24, 2.45) is 10.9 Å². The SMILES string of the molecule is COc1cccc(OCCCCC(N)=NO)c1. The quantitative estimate of drug-likeness (QED) is 0.250. The van der Waals surface area contributed by atoms with Crippen molar-refractivity contribution in [1.82, 2.24) is 0 Å². The molecule has 0 heterocycles. The normalized spacial score (nSPS) is 11.2. The topological polar surface area (TPSA) is 77.1 Å². The van der Waals surface area contributed by atoms with Gasteiger partial charge in [0.1, 0.15) is 17.3 Å². The zero-order valence-corrected chi connectivity index (χ0v) is 9.93. The number of oxime groups is 1. The number of nitrogens with two attached hydrogens (primary N) is 1. The van der Waals surface area contributed by atoms with Crippen LogP contribution in [0.4, 0.5) is 0 Å². The van der Waals surface area contributed by atoms with Crippen LogP contribution < -0.4 is 15.2 Å². The number of amidine groups is 1.